The second-order valence-electron chi connectivity index (χ2n) is 3.95. The van der Waals surface area contributed by atoms with Gasteiger partial charge in [0, 0.05) is 18.3 Å². The molecule has 16 heavy (non-hydrogen) atoms. The molecule has 2 aromatic heterocycles. The number of aromatic amines is 1. The van der Waals surface area contributed by atoms with E-state index in [0.29, 0.717) is 6.42 Å². The van der Waals surface area contributed by atoms with Crippen molar-refractivity contribution in [3.05, 3.63) is 36.2 Å². The van der Waals surface area contributed by atoms with Crippen molar-refractivity contribution in [2.45, 2.75) is 13.3 Å². The summed E-state index contributed by atoms with van der Waals surface area (Å²) in [4.78, 5) is 18.6. The first-order valence-electron chi connectivity index (χ1n) is 5.18. The molecule has 80 valence electrons. The fourth-order valence-corrected chi connectivity index (χ4v) is 1.95. The van der Waals surface area contributed by atoms with Gasteiger partial charge in [-0.15, -0.1) is 0 Å². The highest BCUT2D eigenvalue weighted by atomic mass is 16.1. The van der Waals surface area contributed by atoms with E-state index in [0.717, 1.165) is 22.5 Å². The average molecular weight is 213 g/mol. The van der Waals surface area contributed by atoms with Crippen LogP contribution in [0, 0.1) is 0 Å². The number of nitrogens with one attached hydrogen (secondary N) is 1. The lowest BCUT2D eigenvalue weighted by Crippen LogP contribution is -1.95. The Kier molecular flexibility index (Phi) is 1.83. The number of carbonyl (C=O) groups is 1. The van der Waals surface area contributed by atoms with Gasteiger partial charge in [-0.25, -0.2) is 4.98 Å². The minimum Gasteiger partial charge on any atom is -0.327 e. The van der Waals surface area contributed by atoms with Crippen molar-refractivity contribution in [1.29, 1.82) is 0 Å². The maximum Gasteiger partial charge on any atom is 0.212 e. The van der Waals surface area contributed by atoms with Crippen LogP contribution in [0.15, 0.2) is 30.5 Å². The number of ketones is 1. The number of nitrogens with zero attached hydrogens (tertiary/aromatic N) is 2. The summed E-state index contributed by atoms with van der Waals surface area (Å²) in [6.45, 7) is 1.59. The number of hydrogen-bond donors (Lipinski definition) is 1. The van der Waals surface area contributed by atoms with Gasteiger partial charge < -0.3 is 4.98 Å². The molecule has 0 bridgehead atoms. The number of imidazole rings is 2. The monoisotopic (exact) mass is 213 g/mol. The Morgan fingerprint density at radius 3 is 3.06 bits per heavy atom. The molecule has 0 aliphatic rings. The first-order valence-corrected chi connectivity index (χ1v) is 5.18. The Hall–Kier alpha value is -2.10. The normalized spacial score (nSPS) is 11.3. The maximum absolute atomic E-state index is 11.0. The molecule has 0 aliphatic heterocycles. The molecule has 3 aromatic rings. The van der Waals surface area contributed by atoms with E-state index in [4.69, 9.17) is 0 Å². The number of hydrogen-bond acceptors (Lipinski definition) is 2. The van der Waals surface area contributed by atoms with Gasteiger partial charge in [-0.3, -0.25) is 9.20 Å². The smallest absolute Gasteiger partial charge is 0.212 e. The molecule has 0 spiro atoms. The van der Waals surface area contributed by atoms with Crippen LogP contribution in [-0.2, 0) is 11.2 Å². The summed E-state index contributed by atoms with van der Waals surface area (Å²) >= 11 is 0. The molecular formula is C12H11N3O. The molecule has 0 atom stereocenters. The maximum atomic E-state index is 11.0. The molecule has 0 saturated heterocycles. The Morgan fingerprint density at radius 2 is 2.25 bits per heavy atom. The molecule has 4 heteroatoms. The van der Waals surface area contributed by atoms with E-state index in [1.807, 2.05) is 34.9 Å². The van der Waals surface area contributed by atoms with Gasteiger partial charge in [-0.1, -0.05) is 12.1 Å². The predicted molar refractivity (Wildman–Crippen MR) is 61.4 cm³/mol. The van der Waals surface area contributed by atoms with Crippen molar-refractivity contribution in [2.75, 3.05) is 0 Å². The Labute approximate surface area is 91.9 Å². The van der Waals surface area contributed by atoms with Crippen molar-refractivity contribution in [3.63, 3.8) is 0 Å². The van der Waals surface area contributed by atoms with Crippen molar-refractivity contribution in [3.8, 4) is 0 Å². The van der Waals surface area contributed by atoms with Crippen LogP contribution < -0.4 is 0 Å². The largest absolute Gasteiger partial charge is 0.327 e. The summed E-state index contributed by atoms with van der Waals surface area (Å²) in [6, 6.07) is 7.93. The number of rotatable bonds is 2. The van der Waals surface area contributed by atoms with Gasteiger partial charge in [-0.05, 0) is 19.1 Å². The molecule has 3 rings (SSSR count). The third kappa shape index (κ3) is 1.31. The quantitative estimate of drug-likeness (QED) is 0.707. The van der Waals surface area contributed by atoms with E-state index in [2.05, 4.69) is 9.97 Å². The zero-order chi connectivity index (χ0) is 11.1. The standard InChI is InChI=1S/C12H11N3O/c1-8(16)6-9-7-15-11-5-3-2-4-10(11)14-12(15)13-9/h2-5,7H,6H2,1H3,(H,13,14). The average Bonchev–Trinajstić information content (AvgIpc) is 2.73. The Bertz CT molecular complexity index is 678. The molecule has 4 nitrogen and oxygen atoms in total. The molecule has 0 radical (unpaired) electrons. The molecule has 0 fully saturated rings. The fraction of sp³-hybridized carbons (Fsp3) is 0.167. The highest BCUT2D eigenvalue weighted by Gasteiger charge is 2.08. The Balaban J connectivity index is 2.22. The predicted octanol–water partition coefficient (Wildman–Crippen LogP) is 1.95. The first-order chi connectivity index (χ1) is 7.74. The van der Waals surface area contributed by atoms with E-state index in [-0.39, 0.29) is 5.78 Å². The highest BCUT2D eigenvalue weighted by Crippen LogP contribution is 2.16. The number of aromatic nitrogens is 3. The number of Topliss-reactive ketones (excluding diaryl/α,β-unsaturated/α-hetero) is 1. The van der Waals surface area contributed by atoms with Crippen LogP contribution in [-0.4, -0.2) is 20.2 Å². The summed E-state index contributed by atoms with van der Waals surface area (Å²) in [7, 11) is 0. The van der Waals surface area contributed by atoms with Crippen LogP contribution in [0.1, 0.15) is 12.6 Å². The first kappa shape index (κ1) is 9.15. The number of benzene rings is 1. The highest BCUT2D eigenvalue weighted by molar-refractivity contribution is 5.81. The van der Waals surface area contributed by atoms with Crippen LogP contribution in [0.3, 0.4) is 0 Å². The van der Waals surface area contributed by atoms with Crippen LogP contribution in [0.25, 0.3) is 16.8 Å². The summed E-state index contributed by atoms with van der Waals surface area (Å²) in [5.74, 6) is 0.936. The summed E-state index contributed by atoms with van der Waals surface area (Å²) < 4.78 is 1.98. The topological polar surface area (TPSA) is 50.2 Å². The SMILES string of the molecule is CC(=O)Cc1cn2c(nc3ccccc32)[nH]1. The third-order valence-corrected chi connectivity index (χ3v) is 2.59. The van der Waals surface area contributed by atoms with Crippen LogP contribution >= 0.6 is 0 Å². The van der Waals surface area contributed by atoms with Crippen molar-refractivity contribution < 1.29 is 4.79 Å². The van der Waals surface area contributed by atoms with Crippen LogP contribution in [0.5, 0.6) is 0 Å². The van der Waals surface area contributed by atoms with E-state index >= 15 is 0 Å². The molecule has 1 N–H and O–H groups in total. The van der Waals surface area contributed by atoms with Gasteiger partial charge in [0.05, 0.1) is 11.0 Å². The third-order valence-electron chi connectivity index (χ3n) is 2.59. The van der Waals surface area contributed by atoms with Crippen LogP contribution in [0.4, 0.5) is 0 Å². The second-order valence-corrected chi connectivity index (χ2v) is 3.95. The Morgan fingerprint density at radius 1 is 1.44 bits per heavy atom. The molecule has 0 amide bonds. The number of fused-ring (bicyclic) bond motifs is 3. The molecule has 0 aliphatic carbocycles. The second kappa shape index (κ2) is 3.20. The lowest BCUT2D eigenvalue weighted by Gasteiger charge is -1.90. The lowest BCUT2D eigenvalue weighted by atomic mass is 10.2. The minimum absolute atomic E-state index is 0.147. The summed E-state index contributed by atoms with van der Waals surface area (Å²) in [5.41, 5.74) is 2.92. The van der Waals surface area contributed by atoms with Crippen LogP contribution in [0.2, 0.25) is 0 Å². The zero-order valence-corrected chi connectivity index (χ0v) is 8.90. The van der Waals surface area contributed by atoms with Crippen molar-refractivity contribution in [2.24, 2.45) is 0 Å². The van der Waals surface area contributed by atoms with Crippen molar-refractivity contribution in [1.82, 2.24) is 14.4 Å². The van der Waals surface area contributed by atoms with Crippen molar-refractivity contribution >= 4 is 22.6 Å². The molecule has 1 aromatic carbocycles. The van der Waals surface area contributed by atoms with E-state index in [9.17, 15) is 4.79 Å². The number of carbonyl (C=O) groups excluding carboxylic acids is 1. The fourth-order valence-electron chi connectivity index (χ4n) is 1.95. The van der Waals surface area contributed by atoms with Gasteiger partial charge in [0.15, 0.2) is 0 Å². The summed E-state index contributed by atoms with van der Waals surface area (Å²) in [5, 5.41) is 0. The zero-order valence-electron chi connectivity index (χ0n) is 8.90. The minimum atomic E-state index is 0.147. The molecule has 2 heterocycles. The van der Waals surface area contributed by atoms with E-state index in [1.54, 1.807) is 6.92 Å². The summed E-state index contributed by atoms with van der Waals surface area (Å²) in [6.07, 6.45) is 2.36. The number of para-hydroxylation sites is 2. The van der Waals surface area contributed by atoms with Gasteiger partial charge >= 0.3 is 0 Å². The molecular weight excluding hydrogens is 202 g/mol. The van der Waals surface area contributed by atoms with E-state index in [1.165, 1.54) is 0 Å². The van der Waals surface area contributed by atoms with Gasteiger partial charge in [-0.2, -0.15) is 0 Å². The number of H-pyrrole nitrogens is 1. The van der Waals surface area contributed by atoms with Gasteiger partial charge in [0.25, 0.3) is 0 Å². The lowest BCUT2D eigenvalue weighted by molar-refractivity contribution is -0.116. The molecule has 0 saturated carbocycles. The molecule has 0 unspecified atom stereocenters. The van der Waals surface area contributed by atoms with E-state index < -0.39 is 0 Å². The van der Waals surface area contributed by atoms with Gasteiger partial charge in [0.2, 0.25) is 5.78 Å². The van der Waals surface area contributed by atoms with Gasteiger partial charge in [0.1, 0.15) is 5.78 Å².